The zero-order valence-corrected chi connectivity index (χ0v) is 13.7. The molecule has 2 aliphatic rings. The predicted molar refractivity (Wildman–Crippen MR) is 90.1 cm³/mol. The van der Waals surface area contributed by atoms with Gasteiger partial charge in [-0.3, -0.25) is 14.7 Å². The molecule has 6 heteroatoms. The maximum absolute atomic E-state index is 12.4. The van der Waals surface area contributed by atoms with Gasteiger partial charge in [0.25, 0.3) is 11.5 Å². The summed E-state index contributed by atoms with van der Waals surface area (Å²) in [4.78, 5) is 27.5. The zero-order valence-electron chi connectivity index (χ0n) is 13.7. The van der Waals surface area contributed by atoms with Crippen molar-refractivity contribution in [3.63, 3.8) is 0 Å². The van der Waals surface area contributed by atoms with E-state index in [0.717, 1.165) is 48.3 Å². The average Bonchev–Trinajstić information content (AvgIpc) is 3.36. The first kappa shape index (κ1) is 15.2. The van der Waals surface area contributed by atoms with Gasteiger partial charge >= 0.3 is 0 Å². The average molecular weight is 326 g/mol. The summed E-state index contributed by atoms with van der Waals surface area (Å²) < 4.78 is 0. The van der Waals surface area contributed by atoms with E-state index in [9.17, 15) is 9.59 Å². The number of amides is 1. The number of hydrogen-bond acceptors (Lipinski definition) is 3. The molecule has 0 radical (unpaired) electrons. The highest BCUT2D eigenvalue weighted by atomic mass is 16.2. The number of nitrogens with zero attached hydrogens (tertiary/aromatic N) is 1. The van der Waals surface area contributed by atoms with Crippen LogP contribution in [-0.2, 0) is 19.4 Å². The molecule has 6 nitrogen and oxygen atoms in total. The van der Waals surface area contributed by atoms with Crippen LogP contribution in [-0.4, -0.2) is 21.1 Å². The van der Waals surface area contributed by atoms with Gasteiger partial charge in [0.15, 0.2) is 0 Å². The molecule has 0 bridgehead atoms. The van der Waals surface area contributed by atoms with Crippen LogP contribution in [0.3, 0.4) is 0 Å². The summed E-state index contributed by atoms with van der Waals surface area (Å²) in [5.41, 5.74) is 3.96. The minimum absolute atomic E-state index is 0.206. The van der Waals surface area contributed by atoms with Gasteiger partial charge in [-0.25, -0.2) is 0 Å². The molecule has 4 rings (SSSR count). The quantitative estimate of drug-likeness (QED) is 0.752. The van der Waals surface area contributed by atoms with Gasteiger partial charge in [0.05, 0.1) is 17.9 Å². The third-order valence-electron chi connectivity index (χ3n) is 4.92. The molecule has 2 aromatic heterocycles. The molecule has 1 amide bonds. The molecule has 0 aromatic carbocycles. The first-order valence-electron chi connectivity index (χ1n) is 8.78. The summed E-state index contributed by atoms with van der Waals surface area (Å²) in [5.74, 6) is 0.254. The smallest absolute Gasteiger partial charge is 0.261 e. The maximum Gasteiger partial charge on any atom is 0.261 e. The highest BCUT2D eigenvalue weighted by Gasteiger charge is 2.26. The second-order valence-electron chi connectivity index (χ2n) is 6.85. The second kappa shape index (κ2) is 6.26. The normalized spacial score (nSPS) is 17.2. The van der Waals surface area contributed by atoms with E-state index in [0.29, 0.717) is 12.5 Å². The summed E-state index contributed by atoms with van der Waals surface area (Å²) in [7, 11) is 0. The molecule has 24 heavy (non-hydrogen) atoms. The number of rotatable bonds is 4. The molecular weight excluding hydrogens is 304 g/mol. The molecule has 3 N–H and O–H groups in total. The van der Waals surface area contributed by atoms with E-state index < -0.39 is 0 Å². The fraction of sp³-hybridized carbons (Fsp3) is 0.500. The first-order valence-corrected chi connectivity index (χ1v) is 8.78. The Bertz CT molecular complexity index is 817. The third-order valence-corrected chi connectivity index (χ3v) is 4.92. The number of carbonyl (C=O) groups is 1. The van der Waals surface area contributed by atoms with Crippen LogP contribution in [0.4, 0.5) is 0 Å². The number of aromatic amines is 2. The maximum atomic E-state index is 12.4. The Kier molecular flexibility index (Phi) is 3.96. The molecule has 0 atom stereocenters. The lowest BCUT2D eigenvalue weighted by molar-refractivity contribution is 0.0948. The Morgan fingerprint density at radius 1 is 1.21 bits per heavy atom. The number of hydrogen-bond donors (Lipinski definition) is 3. The first-order chi connectivity index (χ1) is 11.7. The van der Waals surface area contributed by atoms with Crippen molar-refractivity contribution in [2.24, 2.45) is 0 Å². The SMILES string of the molecule is O=C(NCc1cc(C2CC2)n[nH]1)c1cc2c([nH]c1=O)CCCCC2. The molecule has 126 valence electrons. The summed E-state index contributed by atoms with van der Waals surface area (Å²) in [6.07, 6.45) is 7.59. The predicted octanol–water partition coefficient (Wildman–Crippen LogP) is 2.17. The van der Waals surface area contributed by atoms with E-state index in [1.807, 2.05) is 6.07 Å². The lowest BCUT2D eigenvalue weighted by Crippen LogP contribution is -2.30. The van der Waals surface area contributed by atoms with E-state index in [4.69, 9.17) is 0 Å². The molecule has 2 aromatic rings. The van der Waals surface area contributed by atoms with Gasteiger partial charge in [-0.1, -0.05) is 6.42 Å². The van der Waals surface area contributed by atoms with Crippen LogP contribution < -0.4 is 10.9 Å². The number of fused-ring (bicyclic) bond motifs is 1. The molecule has 0 spiro atoms. The molecule has 0 aliphatic heterocycles. The zero-order chi connectivity index (χ0) is 16.5. The minimum Gasteiger partial charge on any atom is -0.346 e. The van der Waals surface area contributed by atoms with E-state index in [2.05, 4.69) is 20.5 Å². The largest absolute Gasteiger partial charge is 0.346 e. The van der Waals surface area contributed by atoms with Crippen LogP contribution in [0.5, 0.6) is 0 Å². The Morgan fingerprint density at radius 3 is 2.88 bits per heavy atom. The van der Waals surface area contributed by atoms with Crippen molar-refractivity contribution in [3.05, 3.63) is 50.7 Å². The second-order valence-corrected chi connectivity index (χ2v) is 6.85. The van der Waals surface area contributed by atoms with E-state index in [1.54, 1.807) is 6.07 Å². The Morgan fingerprint density at radius 2 is 2.04 bits per heavy atom. The fourth-order valence-electron chi connectivity index (χ4n) is 3.35. The number of carbonyl (C=O) groups excluding carboxylic acids is 1. The number of nitrogens with one attached hydrogen (secondary N) is 3. The number of aryl methyl sites for hydroxylation is 2. The molecule has 0 saturated heterocycles. The molecule has 1 fully saturated rings. The third kappa shape index (κ3) is 3.13. The van der Waals surface area contributed by atoms with Gasteiger partial charge in [-0.05, 0) is 56.2 Å². The standard InChI is InChI=1S/C18H22N4O2/c23-17(19-10-13-9-16(22-21-13)11-6-7-11)14-8-12-4-2-1-3-5-15(12)20-18(14)24/h8-9,11H,1-7,10H2,(H,19,23)(H,20,24)(H,21,22). The molecule has 1 saturated carbocycles. The lowest BCUT2D eigenvalue weighted by Gasteiger charge is -2.08. The molecular formula is C18H22N4O2. The molecule has 0 unspecified atom stereocenters. The van der Waals surface area contributed by atoms with Crippen molar-refractivity contribution in [1.29, 1.82) is 0 Å². The van der Waals surface area contributed by atoms with Crippen molar-refractivity contribution < 1.29 is 4.79 Å². The number of aromatic nitrogens is 3. The summed E-state index contributed by atoms with van der Waals surface area (Å²) in [6, 6.07) is 3.77. The van der Waals surface area contributed by atoms with Crippen molar-refractivity contribution in [2.75, 3.05) is 0 Å². The van der Waals surface area contributed by atoms with Crippen molar-refractivity contribution in [1.82, 2.24) is 20.5 Å². The van der Waals surface area contributed by atoms with Crippen LogP contribution in [0.2, 0.25) is 0 Å². The van der Waals surface area contributed by atoms with Gasteiger partial charge in [-0.15, -0.1) is 0 Å². The van der Waals surface area contributed by atoms with Crippen molar-refractivity contribution in [3.8, 4) is 0 Å². The summed E-state index contributed by atoms with van der Waals surface area (Å²) >= 11 is 0. The van der Waals surface area contributed by atoms with Crippen LogP contribution in [0.15, 0.2) is 16.9 Å². The Balaban J connectivity index is 1.47. The lowest BCUT2D eigenvalue weighted by atomic mass is 10.1. The van der Waals surface area contributed by atoms with Crippen LogP contribution in [0.25, 0.3) is 0 Å². The summed E-state index contributed by atoms with van der Waals surface area (Å²) in [5, 5.41) is 10.0. The number of H-pyrrole nitrogens is 2. The van der Waals surface area contributed by atoms with E-state index >= 15 is 0 Å². The van der Waals surface area contributed by atoms with Gasteiger partial charge < -0.3 is 10.3 Å². The fourth-order valence-corrected chi connectivity index (χ4v) is 3.35. The minimum atomic E-state index is -0.328. The molecule has 2 heterocycles. The Labute approximate surface area is 140 Å². The monoisotopic (exact) mass is 326 g/mol. The van der Waals surface area contributed by atoms with Gasteiger partial charge in [0.1, 0.15) is 5.56 Å². The van der Waals surface area contributed by atoms with Crippen molar-refractivity contribution in [2.45, 2.75) is 57.4 Å². The summed E-state index contributed by atoms with van der Waals surface area (Å²) in [6.45, 7) is 0.356. The molecule has 2 aliphatic carbocycles. The highest BCUT2D eigenvalue weighted by molar-refractivity contribution is 5.93. The van der Waals surface area contributed by atoms with Crippen molar-refractivity contribution >= 4 is 5.91 Å². The van der Waals surface area contributed by atoms with Gasteiger partial charge in [0, 0.05) is 11.6 Å². The number of pyridine rings is 1. The van der Waals surface area contributed by atoms with Crippen LogP contribution in [0, 0.1) is 0 Å². The van der Waals surface area contributed by atoms with Crippen LogP contribution >= 0.6 is 0 Å². The van der Waals surface area contributed by atoms with Crippen LogP contribution in [0.1, 0.15) is 71.0 Å². The van der Waals surface area contributed by atoms with E-state index in [-0.39, 0.29) is 17.0 Å². The highest BCUT2D eigenvalue weighted by Crippen LogP contribution is 2.38. The topological polar surface area (TPSA) is 90.6 Å². The van der Waals surface area contributed by atoms with Gasteiger partial charge in [-0.2, -0.15) is 5.10 Å². The van der Waals surface area contributed by atoms with E-state index in [1.165, 1.54) is 19.3 Å². The van der Waals surface area contributed by atoms with Gasteiger partial charge in [0.2, 0.25) is 0 Å². The Hall–Kier alpha value is -2.37.